The van der Waals surface area contributed by atoms with Crippen molar-refractivity contribution in [1.82, 2.24) is 9.97 Å². The van der Waals surface area contributed by atoms with Crippen LogP contribution in [0.1, 0.15) is 0 Å². The second-order valence-electron chi connectivity index (χ2n) is 4.50. The van der Waals surface area contributed by atoms with Crippen LogP contribution in [0.25, 0.3) is 11.3 Å². The van der Waals surface area contributed by atoms with Crippen LogP contribution in [0.2, 0.25) is 0 Å². The molecule has 4 nitrogen and oxygen atoms in total. The number of aromatic nitrogens is 2. The molecule has 3 rings (SSSR count). The standard InChI is InChI=1S/C16H13BrN4/c17-12-8-6-11(7-9-12)14-10-15(18)21-16(20-14)19-13-4-2-1-3-5-13/h1-10H,(H3,18,19,20,21). The summed E-state index contributed by atoms with van der Waals surface area (Å²) in [6.07, 6.45) is 0. The van der Waals surface area contributed by atoms with E-state index in [1.165, 1.54) is 0 Å². The summed E-state index contributed by atoms with van der Waals surface area (Å²) in [7, 11) is 0. The van der Waals surface area contributed by atoms with Gasteiger partial charge in [-0.2, -0.15) is 4.98 Å². The largest absolute Gasteiger partial charge is 0.384 e. The Bertz CT molecular complexity index is 742. The molecule has 21 heavy (non-hydrogen) atoms. The van der Waals surface area contributed by atoms with Gasteiger partial charge in [0, 0.05) is 21.8 Å². The van der Waals surface area contributed by atoms with E-state index in [1.54, 1.807) is 6.07 Å². The smallest absolute Gasteiger partial charge is 0.229 e. The van der Waals surface area contributed by atoms with Crippen molar-refractivity contribution in [2.24, 2.45) is 0 Å². The zero-order valence-corrected chi connectivity index (χ0v) is 12.7. The summed E-state index contributed by atoms with van der Waals surface area (Å²) in [6, 6.07) is 19.4. The van der Waals surface area contributed by atoms with Gasteiger partial charge in [0.2, 0.25) is 5.95 Å². The molecule has 0 saturated carbocycles. The molecule has 0 aliphatic carbocycles. The highest BCUT2D eigenvalue weighted by atomic mass is 79.9. The zero-order valence-electron chi connectivity index (χ0n) is 11.1. The molecule has 0 radical (unpaired) electrons. The summed E-state index contributed by atoms with van der Waals surface area (Å²) in [5, 5.41) is 3.15. The maximum absolute atomic E-state index is 5.88. The van der Waals surface area contributed by atoms with E-state index in [1.807, 2.05) is 54.6 Å². The van der Waals surface area contributed by atoms with E-state index < -0.39 is 0 Å². The summed E-state index contributed by atoms with van der Waals surface area (Å²) in [5.74, 6) is 0.917. The molecule has 1 heterocycles. The molecule has 5 heteroatoms. The van der Waals surface area contributed by atoms with Crippen LogP contribution in [-0.4, -0.2) is 9.97 Å². The normalized spacial score (nSPS) is 10.3. The molecule has 0 spiro atoms. The van der Waals surface area contributed by atoms with Crippen molar-refractivity contribution in [3.63, 3.8) is 0 Å². The van der Waals surface area contributed by atoms with Gasteiger partial charge in [0.15, 0.2) is 0 Å². The first-order valence-corrected chi connectivity index (χ1v) is 7.22. The van der Waals surface area contributed by atoms with Crippen LogP contribution in [0.15, 0.2) is 65.1 Å². The third kappa shape index (κ3) is 3.38. The molecular formula is C16H13BrN4. The van der Waals surface area contributed by atoms with Crippen molar-refractivity contribution in [3.05, 3.63) is 65.1 Å². The number of para-hydroxylation sites is 1. The summed E-state index contributed by atoms with van der Waals surface area (Å²) >= 11 is 3.42. The fourth-order valence-corrected chi connectivity index (χ4v) is 2.21. The van der Waals surface area contributed by atoms with E-state index in [0.717, 1.165) is 21.4 Å². The van der Waals surface area contributed by atoms with Crippen LogP contribution in [0.4, 0.5) is 17.5 Å². The number of nitrogen functional groups attached to an aromatic ring is 1. The minimum absolute atomic E-state index is 0.432. The van der Waals surface area contributed by atoms with Crippen LogP contribution < -0.4 is 11.1 Å². The molecular weight excluding hydrogens is 328 g/mol. The molecule has 0 unspecified atom stereocenters. The Morgan fingerprint density at radius 3 is 2.33 bits per heavy atom. The molecule has 3 aromatic rings. The van der Waals surface area contributed by atoms with Crippen molar-refractivity contribution in [1.29, 1.82) is 0 Å². The molecule has 0 fully saturated rings. The van der Waals surface area contributed by atoms with Crippen molar-refractivity contribution in [2.75, 3.05) is 11.1 Å². The molecule has 0 saturated heterocycles. The first-order valence-electron chi connectivity index (χ1n) is 6.43. The summed E-state index contributed by atoms with van der Waals surface area (Å²) in [4.78, 5) is 8.73. The van der Waals surface area contributed by atoms with E-state index in [4.69, 9.17) is 5.73 Å². The Balaban J connectivity index is 1.94. The Kier molecular flexibility index (Phi) is 3.83. The summed E-state index contributed by atoms with van der Waals surface area (Å²) < 4.78 is 1.02. The van der Waals surface area contributed by atoms with Crippen molar-refractivity contribution < 1.29 is 0 Å². The van der Waals surface area contributed by atoms with Crippen molar-refractivity contribution in [3.8, 4) is 11.3 Å². The van der Waals surface area contributed by atoms with Crippen LogP contribution in [-0.2, 0) is 0 Å². The molecule has 104 valence electrons. The molecule has 0 aliphatic heterocycles. The van der Waals surface area contributed by atoms with E-state index in [-0.39, 0.29) is 0 Å². The van der Waals surface area contributed by atoms with Crippen LogP contribution in [0.3, 0.4) is 0 Å². The lowest BCUT2D eigenvalue weighted by Crippen LogP contribution is -2.01. The van der Waals surface area contributed by atoms with E-state index in [2.05, 4.69) is 31.2 Å². The molecule has 3 N–H and O–H groups in total. The number of nitrogens with two attached hydrogens (primary N) is 1. The third-order valence-corrected chi connectivity index (χ3v) is 3.44. The van der Waals surface area contributed by atoms with Gasteiger partial charge in [-0.3, -0.25) is 0 Å². The summed E-state index contributed by atoms with van der Waals surface area (Å²) in [6.45, 7) is 0. The van der Waals surface area contributed by atoms with E-state index >= 15 is 0 Å². The maximum Gasteiger partial charge on any atom is 0.229 e. The quantitative estimate of drug-likeness (QED) is 0.748. The average Bonchev–Trinajstić information content (AvgIpc) is 2.48. The van der Waals surface area contributed by atoms with Gasteiger partial charge in [0.1, 0.15) is 5.82 Å². The third-order valence-electron chi connectivity index (χ3n) is 2.92. The molecule has 0 aliphatic rings. The van der Waals surface area contributed by atoms with Crippen molar-refractivity contribution >= 4 is 33.4 Å². The predicted octanol–water partition coefficient (Wildman–Crippen LogP) is 4.23. The second-order valence-corrected chi connectivity index (χ2v) is 5.42. The lowest BCUT2D eigenvalue weighted by molar-refractivity contribution is 1.18. The zero-order chi connectivity index (χ0) is 14.7. The monoisotopic (exact) mass is 340 g/mol. The Labute approximate surface area is 131 Å². The summed E-state index contributed by atoms with van der Waals surface area (Å²) in [5.41, 5.74) is 8.58. The molecule has 0 bridgehead atoms. The first-order chi connectivity index (χ1) is 10.2. The number of rotatable bonds is 3. The average molecular weight is 341 g/mol. The van der Waals surface area contributed by atoms with E-state index in [9.17, 15) is 0 Å². The van der Waals surface area contributed by atoms with E-state index in [0.29, 0.717) is 11.8 Å². The number of halogens is 1. The van der Waals surface area contributed by atoms with Gasteiger partial charge >= 0.3 is 0 Å². The number of nitrogens with zero attached hydrogens (tertiary/aromatic N) is 2. The molecule has 2 aromatic carbocycles. The van der Waals surface area contributed by atoms with Gasteiger partial charge in [0.25, 0.3) is 0 Å². The highest BCUT2D eigenvalue weighted by Gasteiger charge is 2.05. The highest BCUT2D eigenvalue weighted by molar-refractivity contribution is 9.10. The Morgan fingerprint density at radius 1 is 0.905 bits per heavy atom. The fraction of sp³-hybridized carbons (Fsp3) is 0. The predicted molar refractivity (Wildman–Crippen MR) is 89.3 cm³/mol. The number of anilines is 3. The van der Waals surface area contributed by atoms with Gasteiger partial charge in [-0.1, -0.05) is 46.3 Å². The Morgan fingerprint density at radius 2 is 1.62 bits per heavy atom. The number of nitrogens with one attached hydrogen (secondary N) is 1. The molecule has 0 atom stereocenters. The molecule has 0 amide bonds. The highest BCUT2D eigenvalue weighted by Crippen LogP contribution is 2.23. The lowest BCUT2D eigenvalue weighted by atomic mass is 10.1. The van der Waals surface area contributed by atoms with Crippen LogP contribution >= 0.6 is 15.9 Å². The molecule has 1 aromatic heterocycles. The van der Waals surface area contributed by atoms with Gasteiger partial charge in [0.05, 0.1) is 5.69 Å². The van der Waals surface area contributed by atoms with Gasteiger partial charge in [-0.05, 0) is 24.3 Å². The van der Waals surface area contributed by atoms with Gasteiger partial charge in [-0.25, -0.2) is 4.98 Å². The Hall–Kier alpha value is -2.40. The van der Waals surface area contributed by atoms with Crippen LogP contribution in [0.5, 0.6) is 0 Å². The fourth-order valence-electron chi connectivity index (χ4n) is 1.94. The minimum Gasteiger partial charge on any atom is -0.384 e. The van der Waals surface area contributed by atoms with Gasteiger partial charge in [-0.15, -0.1) is 0 Å². The number of hydrogen-bond donors (Lipinski definition) is 2. The number of hydrogen-bond acceptors (Lipinski definition) is 4. The van der Waals surface area contributed by atoms with Crippen LogP contribution in [0, 0.1) is 0 Å². The first kappa shape index (κ1) is 13.6. The SMILES string of the molecule is Nc1cc(-c2ccc(Br)cc2)nc(Nc2ccccc2)n1. The lowest BCUT2D eigenvalue weighted by Gasteiger charge is -2.08. The van der Waals surface area contributed by atoms with Gasteiger partial charge < -0.3 is 11.1 Å². The minimum atomic E-state index is 0.432. The second kappa shape index (κ2) is 5.93. The topological polar surface area (TPSA) is 63.8 Å². The maximum atomic E-state index is 5.88. The van der Waals surface area contributed by atoms with Crippen molar-refractivity contribution in [2.45, 2.75) is 0 Å². The number of benzene rings is 2.